The molecule has 6 heteroatoms. The van der Waals surface area contributed by atoms with Crippen molar-refractivity contribution in [1.82, 2.24) is 0 Å². The van der Waals surface area contributed by atoms with E-state index in [9.17, 15) is 8.42 Å². The van der Waals surface area contributed by atoms with Gasteiger partial charge >= 0.3 is 10.4 Å². The molecule has 0 heterocycles. The van der Waals surface area contributed by atoms with Crippen LogP contribution in [0.2, 0.25) is 0 Å². The molecular formula is C2H7O4PS. The van der Waals surface area contributed by atoms with Crippen LogP contribution < -0.4 is 0 Å². The molecule has 8 heavy (non-hydrogen) atoms. The first kappa shape index (κ1) is 8.30. The van der Waals surface area contributed by atoms with Crippen molar-refractivity contribution in [3.8, 4) is 0 Å². The SMILES string of the molecule is CCOS(=O)(=O)OP. The standard InChI is InChI=1S/C2H7O4PS/c1-2-5-8(3,4)6-7/h2,7H2,1H3. The maximum atomic E-state index is 10.1. The summed E-state index contributed by atoms with van der Waals surface area (Å²) in [5, 5.41) is 0. The van der Waals surface area contributed by atoms with Crippen molar-refractivity contribution in [3.05, 3.63) is 0 Å². The molecule has 0 amide bonds. The van der Waals surface area contributed by atoms with Crippen LogP contribution in [0.1, 0.15) is 6.92 Å². The Morgan fingerprint density at radius 2 is 2.12 bits per heavy atom. The van der Waals surface area contributed by atoms with Crippen molar-refractivity contribution in [2.45, 2.75) is 6.92 Å². The molecule has 0 aromatic carbocycles. The largest absolute Gasteiger partial charge is 0.402 e. The van der Waals surface area contributed by atoms with Crippen LogP contribution in [0.5, 0.6) is 0 Å². The van der Waals surface area contributed by atoms with Crippen LogP contribution in [-0.4, -0.2) is 15.0 Å². The van der Waals surface area contributed by atoms with Gasteiger partial charge in [0.2, 0.25) is 0 Å². The van der Waals surface area contributed by atoms with E-state index in [1.165, 1.54) is 0 Å². The summed E-state index contributed by atoms with van der Waals surface area (Å²) in [5.41, 5.74) is 0. The van der Waals surface area contributed by atoms with Crippen molar-refractivity contribution in [1.29, 1.82) is 0 Å². The maximum Gasteiger partial charge on any atom is 0.402 e. The van der Waals surface area contributed by atoms with Gasteiger partial charge in [-0.3, -0.25) is 0 Å². The lowest BCUT2D eigenvalue weighted by Gasteiger charge is -1.95. The van der Waals surface area contributed by atoms with Gasteiger partial charge in [-0.2, -0.15) is 8.42 Å². The summed E-state index contributed by atoms with van der Waals surface area (Å²) in [5.74, 6) is 0. The second-order valence-electron chi connectivity index (χ2n) is 0.911. The number of hydrogen-bond acceptors (Lipinski definition) is 4. The minimum Gasteiger partial charge on any atom is -0.248 e. The Balaban J connectivity index is 3.76. The fourth-order valence-electron chi connectivity index (χ4n) is 0.172. The van der Waals surface area contributed by atoms with Gasteiger partial charge in [-0.25, -0.2) is 8.15 Å². The van der Waals surface area contributed by atoms with Crippen molar-refractivity contribution < 1.29 is 16.6 Å². The van der Waals surface area contributed by atoms with E-state index in [1.54, 1.807) is 16.4 Å². The first-order chi connectivity index (χ1) is 3.62. The minimum atomic E-state index is -3.71. The van der Waals surface area contributed by atoms with Crippen molar-refractivity contribution >= 4 is 19.9 Å². The van der Waals surface area contributed by atoms with E-state index in [4.69, 9.17) is 0 Å². The van der Waals surface area contributed by atoms with E-state index in [1.807, 2.05) is 0 Å². The van der Waals surface area contributed by atoms with Gasteiger partial charge in [-0.15, -0.1) is 0 Å². The quantitative estimate of drug-likeness (QED) is 0.545. The van der Waals surface area contributed by atoms with E-state index in [0.717, 1.165) is 0 Å². The molecular weight excluding hydrogens is 151 g/mol. The average Bonchev–Trinajstić information content (AvgIpc) is 1.67. The normalized spacial score (nSPS) is 11.8. The summed E-state index contributed by atoms with van der Waals surface area (Å²) in [6.45, 7) is 1.65. The van der Waals surface area contributed by atoms with Crippen molar-refractivity contribution in [2.24, 2.45) is 0 Å². The zero-order chi connectivity index (χ0) is 6.62. The van der Waals surface area contributed by atoms with Crippen LogP contribution in [0.3, 0.4) is 0 Å². The van der Waals surface area contributed by atoms with E-state index >= 15 is 0 Å². The van der Waals surface area contributed by atoms with Crippen LogP contribution in [0.25, 0.3) is 0 Å². The Kier molecular flexibility index (Phi) is 3.48. The molecule has 0 radical (unpaired) electrons. The molecule has 50 valence electrons. The second kappa shape index (κ2) is 3.35. The Hall–Kier alpha value is 0.300. The van der Waals surface area contributed by atoms with E-state index in [-0.39, 0.29) is 6.61 Å². The highest BCUT2D eigenvalue weighted by atomic mass is 32.3. The molecule has 0 saturated heterocycles. The van der Waals surface area contributed by atoms with Crippen LogP contribution in [-0.2, 0) is 18.6 Å². The molecule has 0 aromatic heterocycles. The Labute approximate surface area is 50.8 Å². The van der Waals surface area contributed by atoms with Crippen LogP contribution in [0.4, 0.5) is 0 Å². The first-order valence-corrected chi connectivity index (χ1v) is 3.70. The van der Waals surface area contributed by atoms with Gasteiger partial charge in [0.25, 0.3) is 0 Å². The van der Waals surface area contributed by atoms with Crippen molar-refractivity contribution in [3.63, 3.8) is 0 Å². The van der Waals surface area contributed by atoms with E-state index in [2.05, 4.69) is 8.15 Å². The Bertz CT molecular complexity index is 138. The highest BCUT2D eigenvalue weighted by Crippen LogP contribution is 1.99. The predicted molar refractivity (Wildman–Crippen MR) is 31.3 cm³/mol. The monoisotopic (exact) mass is 158 g/mol. The summed E-state index contributed by atoms with van der Waals surface area (Å²) in [4.78, 5) is 0. The first-order valence-electron chi connectivity index (χ1n) is 1.90. The molecule has 0 bridgehead atoms. The van der Waals surface area contributed by atoms with Gasteiger partial charge < -0.3 is 0 Å². The van der Waals surface area contributed by atoms with Crippen LogP contribution >= 0.6 is 9.47 Å². The lowest BCUT2D eigenvalue weighted by atomic mass is 10.9. The third kappa shape index (κ3) is 3.32. The summed E-state index contributed by atoms with van der Waals surface area (Å²) in [6.07, 6.45) is 0. The molecule has 0 aromatic rings. The van der Waals surface area contributed by atoms with Gasteiger partial charge in [-0.05, 0) is 6.92 Å². The highest BCUT2D eigenvalue weighted by Gasteiger charge is 2.04. The molecule has 0 aliphatic heterocycles. The fraction of sp³-hybridized carbons (Fsp3) is 1.00. The summed E-state index contributed by atoms with van der Waals surface area (Å²) >= 11 is 0. The van der Waals surface area contributed by atoms with Gasteiger partial charge in [0.15, 0.2) is 0 Å². The topological polar surface area (TPSA) is 52.6 Å². The van der Waals surface area contributed by atoms with E-state index < -0.39 is 10.4 Å². The van der Waals surface area contributed by atoms with Crippen LogP contribution in [0.15, 0.2) is 0 Å². The molecule has 1 unspecified atom stereocenters. The molecule has 0 aliphatic rings. The minimum absolute atomic E-state index is 0.0940. The average molecular weight is 158 g/mol. The molecule has 0 fully saturated rings. The van der Waals surface area contributed by atoms with Gasteiger partial charge in [0.05, 0.1) is 6.61 Å². The zero-order valence-electron chi connectivity index (χ0n) is 4.33. The molecule has 0 aliphatic carbocycles. The lowest BCUT2D eigenvalue weighted by Crippen LogP contribution is -2.03. The summed E-state index contributed by atoms with van der Waals surface area (Å²) in [6, 6.07) is 0. The Morgan fingerprint density at radius 3 is 2.25 bits per heavy atom. The second-order valence-corrected chi connectivity index (χ2v) is 2.73. The lowest BCUT2D eigenvalue weighted by molar-refractivity contribution is 0.297. The van der Waals surface area contributed by atoms with Crippen LogP contribution in [0, 0.1) is 0 Å². The molecule has 0 spiro atoms. The maximum absolute atomic E-state index is 10.1. The smallest absolute Gasteiger partial charge is 0.248 e. The third-order valence-corrected chi connectivity index (χ3v) is 1.85. The molecule has 4 nitrogen and oxygen atoms in total. The van der Waals surface area contributed by atoms with Crippen molar-refractivity contribution in [2.75, 3.05) is 6.61 Å². The third-order valence-electron chi connectivity index (χ3n) is 0.380. The predicted octanol–water partition coefficient (Wildman–Crippen LogP) is 0.0744. The van der Waals surface area contributed by atoms with E-state index in [0.29, 0.717) is 0 Å². The molecule has 1 atom stereocenters. The van der Waals surface area contributed by atoms with Gasteiger partial charge in [0, 0.05) is 9.47 Å². The number of rotatable bonds is 3. The zero-order valence-corrected chi connectivity index (χ0v) is 6.30. The summed E-state index contributed by atoms with van der Waals surface area (Å²) < 4.78 is 28.2. The Morgan fingerprint density at radius 1 is 1.62 bits per heavy atom. The molecule has 0 saturated carbocycles. The summed E-state index contributed by atoms with van der Waals surface area (Å²) in [7, 11) is -2.12. The van der Waals surface area contributed by atoms with Gasteiger partial charge in [-0.1, -0.05) is 0 Å². The molecule has 0 N–H and O–H groups in total. The van der Waals surface area contributed by atoms with Gasteiger partial charge in [0.1, 0.15) is 0 Å². The number of hydrogen-bond donors (Lipinski definition) is 0. The highest BCUT2D eigenvalue weighted by molar-refractivity contribution is 7.84. The fourth-order valence-corrected chi connectivity index (χ4v) is 0.683. The molecule has 0 rings (SSSR count).